The average Bonchev–Trinajstić information content (AvgIpc) is 3.62. The Balaban J connectivity index is 1.43. The van der Waals surface area contributed by atoms with E-state index in [9.17, 15) is 19.1 Å². The fraction of sp³-hybridized carbons (Fsp3) is 0.452. The van der Waals surface area contributed by atoms with Gasteiger partial charge in [-0.3, -0.25) is 4.90 Å². The fourth-order valence-corrected chi connectivity index (χ4v) is 8.17. The normalized spacial score (nSPS) is 25.0. The molecule has 45 heavy (non-hydrogen) atoms. The molecule has 7 rings (SSSR count). The van der Waals surface area contributed by atoms with E-state index in [1.165, 1.54) is 18.2 Å². The topological polar surface area (TPSA) is 112 Å². The second-order valence-corrected chi connectivity index (χ2v) is 13.3. The number of aliphatic hydroxyl groups is 1. The van der Waals surface area contributed by atoms with Crippen LogP contribution in [0.25, 0.3) is 32.1 Å². The van der Waals surface area contributed by atoms with Crippen LogP contribution in [0.4, 0.5) is 32.8 Å². The maximum Gasteiger partial charge on any atom is 0.419 e. The van der Waals surface area contributed by atoms with Crippen molar-refractivity contribution in [3.05, 3.63) is 41.2 Å². The summed E-state index contributed by atoms with van der Waals surface area (Å²) in [5.74, 6) is -0.505. The molecule has 0 amide bonds. The van der Waals surface area contributed by atoms with Gasteiger partial charge < -0.3 is 20.5 Å². The molecule has 14 heteroatoms. The molecule has 2 aromatic heterocycles. The molecule has 2 unspecified atom stereocenters. The number of aliphatic hydroxyl groups excluding tert-OH is 1. The Kier molecular flexibility index (Phi) is 7.07. The molecule has 1 aliphatic carbocycles. The molecular weight excluding hydrogens is 615 g/mol. The number of nitriles is 1. The Morgan fingerprint density at radius 3 is 2.69 bits per heavy atom. The first-order valence-corrected chi connectivity index (χ1v) is 15.5. The fourth-order valence-electron chi connectivity index (χ4n) is 7.22. The van der Waals surface area contributed by atoms with Crippen molar-refractivity contribution >= 4 is 43.1 Å². The van der Waals surface area contributed by atoms with Crippen molar-refractivity contribution in [2.45, 2.75) is 62.1 Å². The van der Waals surface area contributed by atoms with Gasteiger partial charge in [-0.15, -0.1) is 11.3 Å². The molecule has 3 N–H and O–H groups in total. The Morgan fingerprint density at radius 1 is 1.22 bits per heavy atom. The summed E-state index contributed by atoms with van der Waals surface area (Å²) in [7, 11) is 1.70. The van der Waals surface area contributed by atoms with E-state index in [4.69, 9.17) is 10.5 Å². The van der Waals surface area contributed by atoms with Gasteiger partial charge >= 0.3 is 12.2 Å². The number of rotatable bonds is 6. The van der Waals surface area contributed by atoms with Crippen LogP contribution in [0, 0.1) is 17.1 Å². The maximum absolute atomic E-state index is 15.2. The highest BCUT2D eigenvalue weighted by Crippen LogP contribution is 2.48. The predicted octanol–water partition coefficient (Wildman–Crippen LogP) is 6.04. The first kappa shape index (κ1) is 29.9. The van der Waals surface area contributed by atoms with Crippen molar-refractivity contribution in [3.63, 3.8) is 0 Å². The van der Waals surface area contributed by atoms with E-state index in [0.717, 1.165) is 23.8 Å². The zero-order valence-electron chi connectivity index (χ0n) is 24.2. The lowest BCUT2D eigenvalue weighted by Gasteiger charge is -2.39. The SMILES string of the molecule is CN(c1nc(OCC23CCCN2CC(F)C3)nc2c(C(F)(F)F)c(-c3ccc(F)c4sc(N)c(C#N)c34)ccc12)C1CC(O)C1. The molecular formula is C31H29F5N6O2S. The van der Waals surface area contributed by atoms with E-state index in [2.05, 4.69) is 9.97 Å². The molecule has 4 aromatic rings. The summed E-state index contributed by atoms with van der Waals surface area (Å²) in [5.41, 5.74) is 3.46. The van der Waals surface area contributed by atoms with E-state index >= 15 is 13.2 Å². The zero-order valence-corrected chi connectivity index (χ0v) is 25.0. The second kappa shape index (κ2) is 10.6. The highest BCUT2D eigenvalue weighted by molar-refractivity contribution is 7.23. The number of hydrogen-bond acceptors (Lipinski definition) is 9. The van der Waals surface area contributed by atoms with Gasteiger partial charge in [-0.25, -0.2) is 8.78 Å². The van der Waals surface area contributed by atoms with Gasteiger partial charge in [0.15, 0.2) is 0 Å². The minimum atomic E-state index is -4.94. The molecule has 0 radical (unpaired) electrons. The van der Waals surface area contributed by atoms with Crippen LogP contribution in [0.15, 0.2) is 24.3 Å². The van der Waals surface area contributed by atoms with Crippen LogP contribution in [-0.2, 0) is 6.18 Å². The maximum atomic E-state index is 15.2. The van der Waals surface area contributed by atoms with Crippen molar-refractivity contribution in [2.24, 2.45) is 0 Å². The summed E-state index contributed by atoms with van der Waals surface area (Å²) in [6.07, 6.45) is -3.83. The highest BCUT2D eigenvalue weighted by Gasteiger charge is 2.49. The number of nitrogens with two attached hydrogens (primary N) is 1. The smallest absolute Gasteiger partial charge is 0.419 e. The van der Waals surface area contributed by atoms with Crippen LogP contribution in [0.1, 0.15) is 43.2 Å². The summed E-state index contributed by atoms with van der Waals surface area (Å²) in [6.45, 7) is 1.01. The Bertz CT molecular complexity index is 1870. The molecule has 0 bridgehead atoms. The quantitative estimate of drug-likeness (QED) is 0.245. The summed E-state index contributed by atoms with van der Waals surface area (Å²) in [5, 5.41) is 19.8. The van der Waals surface area contributed by atoms with Crippen LogP contribution in [0.5, 0.6) is 6.01 Å². The lowest BCUT2D eigenvalue weighted by atomic mass is 9.88. The summed E-state index contributed by atoms with van der Waals surface area (Å²) in [4.78, 5) is 12.6. The van der Waals surface area contributed by atoms with Gasteiger partial charge in [0.25, 0.3) is 0 Å². The summed E-state index contributed by atoms with van der Waals surface area (Å²) >= 11 is 0.798. The van der Waals surface area contributed by atoms with Gasteiger partial charge in [0.05, 0.1) is 33.0 Å². The largest absolute Gasteiger partial charge is 0.461 e. The van der Waals surface area contributed by atoms with E-state index in [-0.39, 0.29) is 74.6 Å². The lowest BCUT2D eigenvalue weighted by molar-refractivity contribution is -0.135. The third-order valence-corrected chi connectivity index (χ3v) is 10.6. The Labute approximate surface area is 258 Å². The minimum absolute atomic E-state index is 0.000527. The number of hydrogen-bond donors (Lipinski definition) is 2. The number of anilines is 2. The molecule has 4 heterocycles. The molecule has 1 saturated carbocycles. The standard InChI is InChI=1S/C31H29F5N6O2S/c1-41(16-9-17(43)10-16)28-20-4-3-19(18-5-6-22(33)26-23(18)21(12-37)27(38)45-26)24(31(34,35)36)25(20)39-29(40-28)44-14-30-7-2-8-42(30)13-15(32)11-30/h3-6,15-17,43H,2,7-11,13-14,38H2,1H3. The number of ether oxygens (including phenoxy) is 1. The number of thiophene rings is 1. The molecule has 2 atom stereocenters. The summed E-state index contributed by atoms with van der Waals surface area (Å²) in [6, 6.07) is 6.48. The van der Waals surface area contributed by atoms with Crippen LogP contribution in [0.2, 0.25) is 0 Å². The third kappa shape index (κ3) is 4.83. The molecule has 2 saturated heterocycles. The van der Waals surface area contributed by atoms with Crippen molar-refractivity contribution in [1.29, 1.82) is 5.26 Å². The summed E-state index contributed by atoms with van der Waals surface area (Å²) < 4.78 is 80.8. The van der Waals surface area contributed by atoms with Gasteiger partial charge in [-0.05, 0) is 55.5 Å². The predicted molar refractivity (Wildman–Crippen MR) is 160 cm³/mol. The second-order valence-electron chi connectivity index (χ2n) is 12.2. The lowest BCUT2D eigenvalue weighted by Crippen LogP contribution is -2.46. The number of benzene rings is 2. The number of nitrogens with zero attached hydrogens (tertiary/aromatic N) is 5. The number of fused-ring (bicyclic) bond motifs is 3. The van der Waals surface area contributed by atoms with E-state index in [1.807, 2.05) is 11.0 Å². The van der Waals surface area contributed by atoms with Crippen molar-refractivity contribution in [3.8, 4) is 23.2 Å². The van der Waals surface area contributed by atoms with Crippen molar-refractivity contribution in [2.75, 3.05) is 37.4 Å². The molecule has 236 valence electrons. The van der Waals surface area contributed by atoms with Crippen molar-refractivity contribution in [1.82, 2.24) is 14.9 Å². The van der Waals surface area contributed by atoms with Gasteiger partial charge in [0.2, 0.25) is 0 Å². The molecule has 8 nitrogen and oxygen atoms in total. The monoisotopic (exact) mass is 644 g/mol. The van der Waals surface area contributed by atoms with Crippen LogP contribution in [0.3, 0.4) is 0 Å². The van der Waals surface area contributed by atoms with Gasteiger partial charge in [0, 0.05) is 36.8 Å². The molecule has 2 aliphatic heterocycles. The number of aromatic nitrogens is 2. The van der Waals surface area contributed by atoms with Crippen LogP contribution >= 0.6 is 11.3 Å². The van der Waals surface area contributed by atoms with E-state index in [1.54, 1.807) is 11.9 Å². The number of alkyl halides is 4. The third-order valence-electron chi connectivity index (χ3n) is 9.53. The first-order chi connectivity index (χ1) is 21.4. The minimum Gasteiger partial charge on any atom is -0.461 e. The van der Waals surface area contributed by atoms with Gasteiger partial charge in [-0.2, -0.15) is 28.4 Å². The first-order valence-electron chi connectivity index (χ1n) is 14.7. The number of halogens is 5. The van der Waals surface area contributed by atoms with E-state index < -0.39 is 40.9 Å². The molecule has 3 fully saturated rings. The van der Waals surface area contributed by atoms with Crippen LogP contribution in [-0.4, -0.2) is 70.6 Å². The molecule has 0 spiro atoms. The molecule has 3 aliphatic rings. The van der Waals surface area contributed by atoms with Crippen molar-refractivity contribution < 1.29 is 31.8 Å². The Hall–Kier alpha value is -3.80. The zero-order chi connectivity index (χ0) is 31.8. The van der Waals surface area contributed by atoms with Gasteiger partial charge in [-0.1, -0.05) is 12.1 Å². The van der Waals surface area contributed by atoms with Gasteiger partial charge in [0.1, 0.15) is 35.5 Å². The van der Waals surface area contributed by atoms with Crippen LogP contribution < -0.4 is 15.4 Å². The average molecular weight is 645 g/mol. The number of nitrogen functional groups attached to an aromatic ring is 1. The Morgan fingerprint density at radius 2 is 1.98 bits per heavy atom. The van der Waals surface area contributed by atoms with E-state index in [0.29, 0.717) is 25.8 Å². The molecule has 2 aromatic carbocycles. The highest BCUT2D eigenvalue weighted by atomic mass is 32.1.